The first kappa shape index (κ1) is 17.4. The van der Waals surface area contributed by atoms with Crippen molar-refractivity contribution in [2.75, 3.05) is 18.6 Å². The lowest BCUT2D eigenvalue weighted by Crippen LogP contribution is -2.47. The lowest BCUT2D eigenvalue weighted by atomic mass is 10.2. The van der Waals surface area contributed by atoms with Crippen LogP contribution < -0.4 is 10.6 Å². The van der Waals surface area contributed by atoms with Crippen molar-refractivity contribution in [3.63, 3.8) is 0 Å². The molecule has 3 N–H and O–H groups in total. The number of urea groups is 1. The lowest BCUT2D eigenvalue weighted by Gasteiger charge is -2.14. The molecule has 0 radical (unpaired) electrons. The Bertz CT molecular complexity index is 568. The smallest absolute Gasteiger partial charge is 0.326 e. The molecule has 21 heavy (non-hydrogen) atoms. The minimum absolute atomic E-state index is 0.160. The van der Waals surface area contributed by atoms with Crippen molar-refractivity contribution in [2.24, 2.45) is 0 Å². The average molecular weight is 334 g/mol. The second-order valence-electron chi connectivity index (χ2n) is 4.54. The average Bonchev–Trinajstić information content (AvgIpc) is 2.86. The third-order valence-electron chi connectivity index (χ3n) is 2.62. The van der Waals surface area contributed by atoms with Crippen LogP contribution in [0.15, 0.2) is 17.5 Å². The number of carboxylic acid groups (broad SMARTS) is 1. The molecular formula is C12H18N2O5S2. The van der Waals surface area contributed by atoms with Gasteiger partial charge in [0.1, 0.15) is 15.9 Å². The molecule has 2 amide bonds. The molecule has 0 aliphatic rings. The molecule has 1 aromatic rings. The Kier molecular flexibility index (Phi) is 6.63. The molecule has 1 rings (SSSR count). The topological polar surface area (TPSA) is 113 Å². The highest BCUT2D eigenvalue weighted by molar-refractivity contribution is 7.90. The Morgan fingerprint density at radius 1 is 1.43 bits per heavy atom. The van der Waals surface area contributed by atoms with E-state index >= 15 is 0 Å². The van der Waals surface area contributed by atoms with Crippen LogP contribution in [0.25, 0.3) is 0 Å². The molecule has 0 spiro atoms. The maximum Gasteiger partial charge on any atom is 0.326 e. The molecular weight excluding hydrogens is 316 g/mol. The van der Waals surface area contributed by atoms with Crippen molar-refractivity contribution >= 4 is 33.2 Å². The van der Waals surface area contributed by atoms with Gasteiger partial charge in [-0.05, 0) is 24.3 Å². The zero-order chi connectivity index (χ0) is 15.9. The van der Waals surface area contributed by atoms with Gasteiger partial charge >= 0.3 is 12.0 Å². The summed E-state index contributed by atoms with van der Waals surface area (Å²) in [5.74, 6) is -1.55. The summed E-state index contributed by atoms with van der Waals surface area (Å²) in [5, 5.41) is 15.7. The summed E-state index contributed by atoms with van der Waals surface area (Å²) in [7, 11) is -3.27. The highest BCUT2D eigenvalue weighted by atomic mass is 32.2. The van der Waals surface area contributed by atoms with E-state index in [0.717, 1.165) is 11.1 Å². The maximum absolute atomic E-state index is 11.6. The zero-order valence-electron chi connectivity index (χ0n) is 11.5. The molecule has 7 nitrogen and oxygen atoms in total. The van der Waals surface area contributed by atoms with Crippen molar-refractivity contribution in [1.29, 1.82) is 0 Å². The van der Waals surface area contributed by atoms with E-state index in [4.69, 9.17) is 5.11 Å². The number of carbonyl (C=O) groups is 2. The van der Waals surface area contributed by atoms with E-state index in [1.54, 1.807) is 11.3 Å². The summed E-state index contributed by atoms with van der Waals surface area (Å²) in [6.45, 7) is 0.380. The van der Waals surface area contributed by atoms with Gasteiger partial charge in [0.05, 0.1) is 5.75 Å². The standard InChI is InChI=1S/C12H18N2O5S2/c1-21(18,19)8-5-10(11(15)16)14-12(17)13-6-4-9-3-2-7-20-9/h2-3,7,10H,4-6,8H2,1H3,(H,15,16)(H2,13,14,17). The van der Waals surface area contributed by atoms with Gasteiger partial charge in [-0.25, -0.2) is 18.0 Å². The summed E-state index contributed by atoms with van der Waals surface area (Å²) in [4.78, 5) is 23.7. The molecule has 0 fully saturated rings. The second-order valence-corrected chi connectivity index (χ2v) is 7.83. The van der Waals surface area contributed by atoms with Crippen molar-refractivity contribution in [3.05, 3.63) is 22.4 Å². The third kappa shape index (κ3) is 7.66. The van der Waals surface area contributed by atoms with Crippen molar-refractivity contribution < 1.29 is 23.1 Å². The van der Waals surface area contributed by atoms with Gasteiger partial charge in [-0.2, -0.15) is 0 Å². The van der Waals surface area contributed by atoms with Crippen molar-refractivity contribution in [3.8, 4) is 0 Å². The summed E-state index contributed by atoms with van der Waals surface area (Å²) >= 11 is 1.57. The number of hydrogen-bond donors (Lipinski definition) is 3. The monoisotopic (exact) mass is 334 g/mol. The largest absolute Gasteiger partial charge is 0.480 e. The quantitative estimate of drug-likeness (QED) is 0.640. The molecule has 1 heterocycles. The summed E-state index contributed by atoms with van der Waals surface area (Å²) < 4.78 is 22.1. The minimum Gasteiger partial charge on any atom is -0.480 e. The van der Waals surface area contributed by atoms with Gasteiger partial charge in [0.15, 0.2) is 0 Å². The van der Waals surface area contributed by atoms with E-state index in [1.807, 2.05) is 17.5 Å². The molecule has 0 saturated heterocycles. The molecule has 0 bridgehead atoms. The van der Waals surface area contributed by atoms with Crippen LogP contribution in [-0.2, 0) is 21.1 Å². The lowest BCUT2D eigenvalue weighted by molar-refractivity contribution is -0.139. The number of rotatable bonds is 8. The minimum atomic E-state index is -3.27. The van der Waals surface area contributed by atoms with Gasteiger partial charge in [-0.3, -0.25) is 0 Å². The molecule has 0 saturated carbocycles. The fraction of sp³-hybridized carbons (Fsp3) is 0.500. The number of hydrogen-bond acceptors (Lipinski definition) is 5. The molecule has 9 heteroatoms. The Hall–Kier alpha value is -1.61. The summed E-state index contributed by atoms with van der Waals surface area (Å²) in [6.07, 6.45) is 1.52. The summed E-state index contributed by atoms with van der Waals surface area (Å²) in [5.41, 5.74) is 0. The van der Waals surface area contributed by atoms with E-state index < -0.39 is 27.9 Å². The zero-order valence-corrected chi connectivity index (χ0v) is 13.2. The number of sulfone groups is 1. The van der Waals surface area contributed by atoms with Gasteiger partial charge < -0.3 is 15.7 Å². The molecule has 1 unspecified atom stereocenters. The van der Waals surface area contributed by atoms with Gasteiger partial charge in [-0.15, -0.1) is 11.3 Å². The first-order chi connectivity index (χ1) is 9.78. The van der Waals surface area contributed by atoms with Crippen LogP contribution in [0.3, 0.4) is 0 Å². The number of carboxylic acids is 1. The molecule has 1 atom stereocenters. The number of carbonyl (C=O) groups excluding carboxylic acids is 1. The fourth-order valence-electron chi connectivity index (χ4n) is 1.55. The Labute approximate surface area is 127 Å². The predicted octanol–water partition coefficient (Wildman–Crippen LogP) is 0.478. The first-order valence-corrected chi connectivity index (χ1v) is 9.19. The number of thiophene rings is 1. The van der Waals surface area contributed by atoms with Crippen LogP contribution in [0, 0.1) is 0 Å². The fourth-order valence-corrected chi connectivity index (χ4v) is 2.93. The maximum atomic E-state index is 11.6. The second kappa shape index (κ2) is 7.99. The SMILES string of the molecule is CS(=O)(=O)CCC(NC(=O)NCCc1cccs1)C(=O)O. The van der Waals surface area contributed by atoms with Gasteiger partial charge in [0, 0.05) is 17.7 Å². The highest BCUT2D eigenvalue weighted by Gasteiger charge is 2.21. The molecule has 1 aromatic heterocycles. The van der Waals surface area contributed by atoms with E-state index in [2.05, 4.69) is 10.6 Å². The Balaban J connectivity index is 2.36. The van der Waals surface area contributed by atoms with E-state index in [-0.39, 0.29) is 12.2 Å². The van der Waals surface area contributed by atoms with Crippen molar-refractivity contribution in [1.82, 2.24) is 10.6 Å². The molecule has 0 aromatic carbocycles. The first-order valence-electron chi connectivity index (χ1n) is 6.25. The summed E-state index contributed by atoms with van der Waals surface area (Å²) in [6, 6.07) is 2.01. The van der Waals surface area contributed by atoms with E-state index in [1.165, 1.54) is 0 Å². The van der Waals surface area contributed by atoms with Gasteiger partial charge in [0.2, 0.25) is 0 Å². The van der Waals surface area contributed by atoms with Crippen LogP contribution in [0.5, 0.6) is 0 Å². The van der Waals surface area contributed by atoms with Gasteiger partial charge in [-0.1, -0.05) is 6.07 Å². The third-order valence-corrected chi connectivity index (χ3v) is 4.53. The van der Waals surface area contributed by atoms with E-state index in [0.29, 0.717) is 13.0 Å². The van der Waals surface area contributed by atoms with Crippen LogP contribution >= 0.6 is 11.3 Å². The highest BCUT2D eigenvalue weighted by Crippen LogP contribution is 2.08. The van der Waals surface area contributed by atoms with E-state index in [9.17, 15) is 18.0 Å². The molecule has 0 aliphatic heterocycles. The van der Waals surface area contributed by atoms with Crippen LogP contribution in [0.2, 0.25) is 0 Å². The van der Waals surface area contributed by atoms with Gasteiger partial charge in [0.25, 0.3) is 0 Å². The Morgan fingerprint density at radius 3 is 2.67 bits per heavy atom. The molecule has 0 aliphatic carbocycles. The number of nitrogens with one attached hydrogen (secondary N) is 2. The van der Waals surface area contributed by atoms with Crippen LogP contribution in [0.1, 0.15) is 11.3 Å². The van der Waals surface area contributed by atoms with Crippen LogP contribution in [0.4, 0.5) is 4.79 Å². The predicted molar refractivity (Wildman–Crippen MR) is 80.3 cm³/mol. The van der Waals surface area contributed by atoms with Crippen LogP contribution in [-0.4, -0.2) is 50.1 Å². The molecule has 118 valence electrons. The normalized spacial score (nSPS) is 12.6. The number of amides is 2. The van der Waals surface area contributed by atoms with Crippen molar-refractivity contribution in [2.45, 2.75) is 18.9 Å². The number of aliphatic carboxylic acids is 1. The Morgan fingerprint density at radius 2 is 2.14 bits per heavy atom.